The first-order valence-corrected chi connectivity index (χ1v) is 21.3. The van der Waals surface area contributed by atoms with E-state index in [1.165, 1.54) is 81.3 Å². The Kier molecular flexibility index (Phi) is 57.5. The molecular weight excluding hydrogens is 593 g/mol. The van der Waals surface area contributed by atoms with E-state index in [2.05, 4.69) is 74.4 Å². The zero-order valence-electron chi connectivity index (χ0n) is 32.1. The van der Waals surface area contributed by atoms with Gasteiger partial charge in [-0.05, 0) is 44.1 Å². The maximum absolute atomic E-state index is 11.7. The van der Waals surface area contributed by atoms with Crippen LogP contribution in [0.2, 0.25) is 0 Å². The molecule has 270 valence electrons. The van der Waals surface area contributed by atoms with Crippen LogP contribution in [0.3, 0.4) is 0 Å². The summed E-state index contributed by atoms with van der Waals surface area (Å²) in [6, 6.07) is 10.2. The van der Waals surface area contributed by atoms with Crippen molar-refractivity contribution in [3.05, 3.63) is 35.9 Å². The lowest BCUT2D eigenvalue weighted by molar-refractivity contribution is -0.122. The lowest BCUT2D eigenvalue weighted by Crippen LogP contribution is -2.13. The summed E-state index contributed by atoms with van der Waals surface area (Å²) < 4.78 is 10.4. The van der Waals surface area contributed by atoms with E-state index < -0.39 is 0 Å². The number of Topliss-reactive ketones (excluding diaryl/α,β-unsaturated/α-hetero) is 1. The van der Waals surface area contributed by atoms with Gasteiger partial charge < -0.3 is 9.47 Å². The second-order valence-electron chi connectivity index (χ2n) is 11.4. The maximum Gasteiger partial charge on any atom is 0.136 e. The largest absolute Gasteiger partial charge is 0.379 e. The van der Waals surface area contributed by atoms with Gasteiger partial charge >= 0.3 is 0 Å². The number of benzene rings is 1. The van der Waals surface area contributed by atoms with Crippen molar-refractivity contribution >= 4 is 27.4 Å². The summed E-state index contributed by atoms with van der Waals surface area (Å²) in [5, 5.41) is 0. The third-order valence-electron chi connectivity index (χ3n) is 6.40. The zero-order valence-corrected chi connectivity index (χ0v) is 33.7. The number of rotatable bonds is 24. The van der Waals surface area contributed by atoms with Gasteiger partial charge in [0.15, 0.2) is 0 Å². The molecule has 1 unspecified atom stereocenters. The predicted octanol–water partition coefficient (Wildman–Crippen LogP) is 13.8. The highest BCUT2D eigenvalue weighted by molar-refractivity contribution is 8.76. The van der Waals surface area contributed by atoms with Crippen LogP contribution in [0.15, 0.2) is 30.3 Å². The van der Waals surface area contributed by atoms with Gasteiger partial charge in [0.05, 0.1) is 13.2 Å². The molecule has 0 amide bonds. The van der Waals surface area contributed by atoms with Gasteiger partial charge in [-0.25, -0.2) is 0 Å². The lowest BCUT2D eigenvalue weighted by Gasteiger charge is -2.09. The highest BCUT2D eigenvalue weighted by atomic mass is 33.1. The van der Waals surface area contributed by atoms with E-state index >= 15 is 0 Å². The van der Waals surface area contributed by atoms with E-state index in [4.69, 9.17) is 9.47 Å². The molecule has 0 saturated heterocycles. The molecule has 3 nitrogen and oxygen atoms in total. The van der Waals surface area contributed by atoms with Crippen molar-refractivity contribution in [1.82, 2.24) is 0 Å². The molecule has 0 aromatic heterocycles. The average molecular weight is 673 g/mol. The second kappa shape index (κ2) is 50.4. The van der Waals surface area contributed by atoms with Crippen LogP contribution in [0.5, 0.6) is 0 Å². The molecule has 1 aromatic rings. The van der Waals surface area contributed by atoms with E-state index in [9.17, 15) is 4.79 Å². The molecular formula is C40H80O3S2. The van der Waals surface area contributed by atoms with Crippen LogP contribution in [0.25, 0.3) is 0 Å². The van der Waals surface area contributed by atoms with Crippen LogP contribution in [0.1, 0.15) is 171 Å². The second-order valence-corrected chi connectivity index (χ2v) is 14.1. The summed E-state index contributed by atoms with van der Waals surface area (Å²) in [6.07, 6.45) is 19.7. The third kappa shape index (κ3) is 53.3. The first-order valence-electron chi connectivity index (χ1n) is 18.9. The molecule has 0 aliphatic rings. The van der Waals surface area contributed by atoms with Gasteiger partial charge in [0.2, 0.25) is 0 Å². The van der Waals surface area contributed by atoms with Crippen molar-refractivity contribution in [1.29, 1.82) is 0 Å². The Hall–Kier alpha value is -0.490. The Morgan fingerprint density at radius 3 is 1.36 bits per heavy atom. The molecule has 1 aromatic carbocycles. The minimum Gasteiger partial charge on any atom is -0.379 e. The Bertz CT molecular complexity index is 579. The Balaban J connectivity index is -0.000000248. The number of carbonyl (C=O) groups is 1. The minimum absolute atomic E-state index is 0.166. The molecule has 0 radical (unpaired) electrons. The summed E-state index contributed by atoms with van der Waals surface area (Å²) in [5.41, 5.74) is 1.26. The molecule has 0 heterocycles. The van der Waals surface area contributed by atoms with Crippen molar-refractivity contribution in [2.75, 3.05) is 37.9 Å². The van der Waals surface area contributed by atoms with E-state index in [0.717, 1.165) is 65.0 Å². The van der Waals surface area contributed by atoms with Crippen molar-refractivity contribution in [2.24, 2.45) is 5.92 Å². The number of ether oxygens (including phenoxy) is 2. The Morgan fingerprint density at radius 2 is 1.00 bits per heavy atom. The fourth-order valence-electron chi connectivity index (χ4n) is 3.43. The quantitative estimate of drug-likeness (QED) is 0.0806. The van der Waals surface area contributed by atoms with Gasteiger partial charge in [-0.3, -0.25) is 4.79 Å². The Labute approximate surface area is 292 Å². The Morgan fingerprint density at radius 1 is 0.556 bits per heavy atom. The smallest absolute Gasteiger partial charge is 0.136 e. The average Bonchev–Trinajstić information content (AvgIpc) is 3.07. The first-order chi connectivity index (χ1) is 21.9. The molecule has 5 heteroatoms. The predicted molar refractivity (Wildman–Crippen MR) is 211 cm³/mol. The molecule has 1 rings (SSSR count). The van der Waals surface area contributed by atoms with Gasteiger partial charge in [0.25, 0.3) is 0 Å². The van der Waals surface area contributed by atoms with Crippen LogP contribution in [-0.2, 0) is 20.7 Å². The summed E-state index contributed by atoms with van der Waals surface area (Å²) in [6.45, 7) is 24.9. The molecule has 0 N–H and O–H groups in total. The maximum atomic E-state index is 11.7. The van der Waals surface area contributed by atoms with Gasteiger partial charge in [-0.2, -0.15) is 0 Å². The molecule has 0 aliphatic heterocycles. The number of hydrogen-bond acceptors (Lipinski definition) is 5. The van der Waals surface area contributed by atoms with Crippen LogP contribution in [-0.4, -0.2) is 43.7 Å². The van der Waals surface area contributed by atoms with Crippen molar-refractivity contribution in [3.63, 3.8) is 0 Å². The van der Waals surface area contributed by atoms with Crippen LogP contribution in [0, 0.1) is 5.92 Å². The van der Waals surface area contributed by atoms with Gasteiger partial charge in [-0.15, -0.1) is 0 Å². The highest BCUT2D eigenvalue weighted by Crippen LogP contribution is 2.21. The lowest BCUT2D eigenvalue weighted by atomic mass is 9.94. The van der Waals surface area contributed by atoms with Crippen molar-refractivity contribution in [3.8, 4) is 0 Å². The molecule has 45 heavy (non-hydrogen) atoms. The summed E-state index contributed by atoms with van der Waals surface area (Å²) in [4.78, 5) is 11.7. The van der Waals surface area contributed by atoms with Crippen LogP contribution < -0.4 is 0 Å². The van der Waals surface area contributed by atoms with E-state index in [0.29, 0.717) is 5.78 Å². The number of unbranched alkanes of at least 4 members (excludes halogenated alkanes) is 7. The highest BCUT2D eigenvalue weighted by Gasteiger charge is 2.12. The standard InChI is InChI=1S/C14H20O.C8H18O2.C8H18.C6H14S2.C4H10/c1-3-4-10-14(15)12(2)11-13-8-6-5-7-9-13;1-3-5-9-7-8-10-6-4-2;2*1-3-5-7-8-6-4-2;1-3-4-2/h5-9,12H,3-4,10-11H2,1-2H3;3-8H2,1-2H3;3-8H2,1-2H3;3-6H2,1-2H3;3-4H2,1-2H3. The summed E-state index contributed by atoms with van der Waals surface area (Å²) >= 11 is 0. The number of ketones is 1. The van der Waals surface area contributed by atoms with Crippen molar-refractivity contribution in [2.45, 2.75) is 172 Å². The van der Waals surface area contributed by atoms with Gasteiger partial charge in [-0.1, -0.05) is 179 Å². The van der Waals surface area contributed by atoms with Crippen LogP contribution >= 0.6 is 21.6 Å². The van der Waals surface area contributed by atoms with Crippen molar-refractivity contribution < 1.29 is 14.3 Å². The van der Waals surface area contributed by atoms with Gasteiger partial charge in [0, 0.05) is 37.1 Å². The molecule has 0 bridgehead atoms. The topological polar surface area (TPSA) is 35.5 Å². The summed E-state index contributed by atoms with van der Waals surface area (Å²) in [7, 11) is 3.99. The molecule has 0 saturated carbocycles. The first kappa shape index (κ1) is 51.3. The van der Waals surface area contributed by atoms with Crippen LogP contribution in [0.4, 0.5) is 0 Å². The molecule has 1 atom stereocenters. The van der Waals surface area contributed by atoms with E-state index in [-0.39, 0.29) is 5.92 Å². The molecule has 0 aliphatic carbocycles. The van der Waals surface area contributed by atoms with E-state index in [1.807, 2.05) is 46.7 Å². The molecule has 0 spiro atoms. The third-order valence-corrected chi connectivity index (χ3v) is 9.21. The molecule has 0 fully saturated rings. The normalized spacial score (nSPS) is 10.5. The number of hydrogen-bond donors (Lipinski definition) is 0. The van der Waals surface area contributed by atoms with Gasteiger partial charge in [0.1, 0.15) is 5.78 Å². The fraction of sp³-hybridized carbons (Fsp3) is 0.825. The fourth-order valence-corrected chi connectivity index (χ4v) is 5.70. The summed E-state index contributed by atoms with van der Waals surface area (Å²) in [5.74, 6) is 3.19. The minimum atomic E-state index is 0.166. The zero-order chi connectivity index (χ0) is 34.7. The van der Waals surface area contributed by atoms with E-state index in [1.54, 1.807) is 0 Å². The monoisotopic (exact) mass is 673 g/mol. The number of carbonyl (C=O) groups excluding carboxylic acids is 1. The SMILES string of the molecule is CCCC.CCCCC(=O)C(C)Cc1ccccc1.CCCCCCCC.CCCOCCOCCC.CCCSSCCC.